The van der Waals surface area contributed by atoms with Crippen molar-refractivity contribution in [1.82, 2.24) is 0 Å². The molecule has 1 nitrogen and oxygen atoms in total. The fourth-order valence-corrected chi connectivity index (χ4v) is 7.24. The van der Waals surface area contributed by atoms with Crippen molar-refractivity contribution in [3.63, 3.8) is 0 Å². The van der Waals surface area contributed by atoms with Crippen molar-refractivity contribution in [2.45, 2.75) is 39.2 Å². The quantitative estimate of drug-likeness (QED) is 0.135. The minimum Gasteiger partial charge on any atom is -0.359 e. The first-order chi connectivity index (χ1) is 25.0. The molecule has 2 atom stereocenters. The maximum Gasteiger partial charge on any atom is 0.0598 e. The molecule has 1 heteroatoms. The minimum absolute atomic E-state index is 0.221. The molecule has 0 aromatic heterocycles. The number of rotatable bonds is 10. The first kappa shape index (κ1) is 33.8. The van der Waals surface area contributed by atoms with Crippen LogP contribution in [0.5, 0.6) is 0 Å². The van der Waals surface area contributed by atoms with E-state index in [1.165, 1.54) is 61.4 Å². The first-order valence-corrected chi connectivity index (χ1v) is 18.3. The molecule has 0 radical (unpaired) electrons. The van der Waals surface area contributed by atoms with E-state index in [0.29, 0.717) is 5.92 Å². The van der Waals surface area contributed by atoms with Gasteiger partial charge in [-0.25, -0.2) is 0 Å². The molecule has 252 valence electrons. The zero-order chi connectivity index (χ0) is 35.0. The lowest BCUT2D eigenvalue weighted by Crippen LogP contribution is -2.45. The molecule has 0 bridgehead atoms. The molecule has 0 N–H and O–H groups in total. The monoisotopic (exact) mass is 661 g/mol. The van der Waals surface area contributed by atoms with Crippen LogP contribution in [-0.2, 0) is 0 Å². The molecule has 0 aliphatic heterocycles. The van der Waals surface area contributed by atoms with Crippen molar-refractivity contribution in [2.75, 3.05) is 11.4 Å². The van der Waals surface area contributed by atoms with Crippen molar-refractivity contribution in [1.29, 1.82) is 0 Å². The Morgan fingerprint density at radius 2 is 1.33 bits per heavy atom. The van der Waals surface area contributed by atoms with Gasteiger partial charge in [0.2, 0.25) is 0 Å². The van der Waals surface area contributed by atoms with Gasteiger partial charge in [-0.3, -0.25) is 0 Å². The average molecular weight is 662 g/mol. The fraction of sp³-hybridized carbons (Fsp3) is 0.160. The van der Waals surface area contributed by atoms with E-state index in [1.54, 1.807) is 0 Å². The van der Waals surface area contributed by atoms with Gasteiger partial charge >= 0.3 is 0 Å². The summed E-state index contributed by atoms with van der Waals surface area (Å²) in [4.78, 5) is 2.58. The third-order valence-corrected chi connectivity index (χ3v) is 10.3. The Kier molecular flexibility index (Phi) is 10.3. The summed E-state index contributed by atoms with van der Waals surface area (Å²) in [5.74, 6) is 0.564. The Labute approximate surface area is 305 Å². The van der Waals surface area contributed by atoms with E-state index < -0.39 is 0 Å². The van der Waals surface area contributed by atoms with Gasteiger partial charge in [0.15, 0.2) is 0 Å². The van der Waals surface area contributed by atoms with E-state index in [1.807, 2.05) is 0 Å². The Morgan fingerprint density at radius 1 is 0.686 bits per heavy atom. The highest BCUT2D eigenvalue weighted by molar-refractivity contribution is 5.89. The van der Waals surface area contributed by atoms with Crippen LogP contribution in [0.15, 0.2) is 188 Å². The lowest BCUT2D eigenvalue weighted by Gasteiger charge is -2.42. The van der Waals surface area contributed by atoms with Crippen LogP contribution in [0.4, 0.5) is 5.69 Å². The van der Waals surface area contributed by atoms with Gasteiger partial charge in [-0.1, -0.05) is 183 Å². The Hall–Kier alpha value is -5.66. The van der Waals surface area contributed by atoms with Crippen molar-refractivity contribution >= 4 is 22.4 Å². The number of allylic oxidation sites excluding steroid dienone is 9. The third-order valence-electron chi connectivity index (χ3n) is 10.3. The molecule has 0 heterocycles. The summed E-state index contributed by atoms with van der Waals surface area (Å²) < 4.78 is 0. The molecule has 5 aromatic rings. The predicted molar refractivity (Wildman–Crippen MR) is 221 cm³/mol. The molecule has 0 saturated carbocycles. The second-order valence-electron chi connectivity index (χ2n) is 13.9. The Morgan fingerprint density at radius 3 is 1.96 bits per heavy atom. The lowest BCUT2D eigenvalue weighted by atomic mass is 9.85. The van der Waals surface area contributed by atoms with Crippen molar-refractivity contribution in [2.24, 2.45) is 5.92 Å². The molecule has 2 aliphatic carbocycles. The number of nitrogens with zero attached hydrogens (tertiary/aromatic N) is 1. The smallest absolute Gasteiger partial charge is 0.0598 e. The molecule has 2 unspecified atom stereocenters. The van der Waals surface area contributed by atoms with Crippen molar-refractivity contribution in [3.8, 4) is 22.3 Å². The van der Waals surface area contributed by atoms with Crippen molar-refractivity contribution < 1.29 is 0 Å². The summed E-state index contributed by atoms with van der Waals surface area (Å²) in [6.45, 7) is 7.55. The van der Waals surface area contributed by atoms with Gasteiger partial charge in [-0.15, -0.1) is 0 Å². The molecule has 2 aliphatic rings. The summed E-state index contributed by atoms with van der Waals surface area (Å²) >= 11 is 0. The van der Waals surface area contributed by atoms with E-state index in [-0.39, 0.29) is 5.54 Å². The van der Waals surface area contributed by atoms with Gasteiger partial charge in [0.25, 0.3) is 0 Å². The van der Waals surface area contributed by atoms with E-state index >= 15 is 0 Å². The van der Waals surface area contributed by atoms with Gasteiger partial charge in [0.1, 0.15) is 0 Å². The van der Waals surface area contributed by atoms with Gasteiger partial charge in [-0.2, -0.15) is 0 Å². The molecule has 0 spiro atoms. The molecule has 0 amide bonds. The van der Waals surface area contributed by atoms with Crippen LogP contribution in [-0.4, -0.2) is 12.1 Å². The molecular formula is C50H47N. The predicted octanol–water partition coefficient (Wildman–Crippen LogP) is 13.3. The van der Waals surface area contributed by atoms with Gasteiger partial charge in [0.05, 0.1) is 5.54 Å². The summed E-state index contributed by atoms with van der Waals surface area (Å²) in [7, 11) is 0. The van der Waals surface area contributed by atoms with Crippen LogP contribution < -0.4 is 4.90 Å². The minimum atomic E-state index is -0.221. The van der Waals surface area contributed by atoms with E-state index in [0.717, 1.165) is 19.4 Å². The van der Waals surface area contributed by atoms with Gasteiger partial charge in [0, 0.05) is 12.2 Å². The maximum atomic E-state index is 2.58. The molecular weight excluding hydrogens is 615 g/mol. The van der Waals surface area contributed by atoms with Crippen molar-refractivity contribution in [3.05, 3.63) is 205 Å². The van der Waals surface area contributed by atoms with Crippen LogP contribution in [0.1, 0.15) is 50.3 Å². The standard InChI is InChI=1S/C50H47N/c1-4-39(40-15-8-5-9-16-40)21-14-36-51(50(3)34-32-44(33-35-50)42-19-12-7-13-20-42)47-30-31-48(45-24-22-38(2)23-25-45)49(37-47)46-28-26-43(27-29-46)41-17-10-6-11-18-41/h4-22,24-34,37-38H,23,35-36H2,1-3H3/b21-14-,39-4+. The number of hydrogen-bond donors (Lipinski definition) is 0. The van der Waals surface area contributed by atoms with Crippen LogP contribution in [0.2, 0.25) is 0 Å². The summed E-state index contributed by atoms with van der Waals surface area (Å²) in [5.41, 5.74) is 13.5. The van der Waals surface area contributed by atoms with Gasteiger partial charge < -0.3 is 4.90 Å². The van der Waals surface area contributed by atoms with E-state index in [2.05, 4.69) is 214 Å². The fourth-order valence-electron chi connectivity index (χ4n) is 7.24. The SMILES string of the molecule is C/C=C(\C=C/CN(c1ccc(C2=CCC(C)C=C2)c(-c2ccc(-c3ccccc3)cc2)c1)C1(C)C=CC(c2ccccc2)=CC1)c1ccccc1. The Balaban J connectivity index is 1.29. The first-order valence-electron chi connectivity index (χ1n) is 18.3. The molecule has 7 rings (SSSR count). The zero-order valence-corrected chi connectivity index (χ0v) is 30.0. The average Bonchev–Trinajstić information content (AvgIpc) is 3.19. The maximum absolute atomic E-state index is 2.58. The van der Waals surface area contributed by atoms with Crippen LogP contribution in [0.25, 0.3) is 39.0 Å². The largest absolute Gasteiger partial charge is 0.359 e. The molecule has 0 fully saturated rings. The molecule has 51 heavy (non-hydrogen) atoms. The van der Waals surface area contributed by atoms with E-state index in [4.69, 9.17) is 0 Å². The molecule has 5 aromatic carbocycles. The number of benzene rings is 5. The summed E-state index contributed by atoms with van der Waals surface area (Å²) in [6, 6.07) is 48.2. The Bertz CT molecular complexity index is 2130. The van der Waals surface area contributed by atoms with Crippen LogP contribution >= 0.6 is 0 Å². The summed E-state index contributed by atoms with van der Waals surface area (Å²) in [6.07, 6.45) is 23.0. The number of anilines is 1. The highest BCUT2D eigenvalue weighted by atomic mass is 15.2. The number of hydrogen-bond acceptors (Lipinski definition) is 1. The normalized spacial score (nSPS) is 18.8. The topological polar surface area (TPSA) is 3.24 Å². The van der Waals surface area contributed by atoms with Crippen LogP contribution in [0.3, 0.4) is 0 Å². The lowest BCUT2D eigenvalue weighted by molar-refractivity contribution is 0.534. The third kappa shape index (κ3) is 7.74. The van der Waals surface area contributed by atoms with Gasteiger partial charge in [-0.05, 0) is 100 Å². The highest BCUT2D eigenvalue weighted by Gasteiger charge is 2.31. The summed E-state index contributed by atoms with van der Waals surface area (Å²) in [5, 5.41) is 0. The van der Waals surface area contributed by atoms with Crippen LogP contribution in [0, 0.1) is 5.92 Å². The second kappa shape index (κ2) is 15.5. The molecule has 0 saturated heterocycles. The van der Waals surface area contributed by atoms with E-state index in [9.17, 15) is 0 Å². The zero-order valence-electron chi connectivity index (χ0n) is 30.0. The second-order valence-corrected chi connectivity index (χ2v) is 13.9. The highest BCUT2D eigenvalue weighted by Crippen LogP contribution is 2.40.